The number of aromatic amines is 1. The molecule has 13 heteroatoms. The van der Waals surface area contributed by atoms with Gasteiger partial charge < -0.3 is 31.2 Å². The molecule has 1 aromatic heterocycles. The molecule has 5 amide bonds. The zero-order chi connectivity index (χ0) is 35.7. The maximum atomic E-state index is 14.3. The van der Waals surface area contributed by atoms with Gasteiger partial charge in [-0.15, -0.1) is 0 Å². The molecule has 5 N–H and O–H groups in total. The third kappa shape index (κ3) is 9.66. The number of ketones is 1. The molecule has 0 spiro atoms. The summed E-state index contributed by atoms with van der Waals surface area (Å²) in [7, 11) is 0. The van der Waals surface area contributed by atoms with Gasteiger partial charge in [-0.1, -0.05) is 78.5 Å². The summed E-state index contributed by atoms with van der Waals surface area (Å²) in [6.07, 6.45) is 14.2. The summed E-state index contributed by atoms with van der Waals surface area (Å²) >= 11 is 0. The normalized spacial score (nSPS) is 21.0. The molecule has 1 aromatic rings. The van der Waals surface area contributed by atoms with Crippen molar-refractivity contribution in [1.82, 2.24) is 36.1 Å². The Kier molecular flexibility index (Phi) is 13.3. The maximum Gasteiger partial charge on any atom is 0.290 e. The van der Waals surface area contributed by atoms with Crippen molar-refractivity contribution in [3.8, 4) is 0 Å². The van der Waals surface area contributed by atoms with Crippen LogP contribution < -0.4 is 21.3 Å². The number of carbonyl (C=O) groups excluding carboxylic acids is 6. The van der Waals surface area contributed by atoms with E-state index >= 15 is 0 Å². The fourth-order valence-corrected chi connectivity index (χ4v) is 7.03. The Balaban J connectivity index is 1.53. The van der Waals surface area contributed by atoms with Crippen molar-refractivity contribution < 1.29 is 28.8 Å². The van der Waals surface area contributed by atoms with Gasteiger partial charge in [-0.2, -0.15) is 0 Å². The highest BCUT2D eigenvalue weighted by Crippen LogP contribution is 2.32. The molecule has 2 fully saturated rings. The van der Waals surface area contributed by atoms with Crippen LogP contribution in [0, 0.1) is 17.8 Å². The number of nitrogens with one attached hydrogen (secondary N) is 5. The summed E-state index contributed by atoms with van der Waals surface area (Å²) in [5.74, 6) is -3.94. The van der Waals surface area contributed by atoms with Gasteiger partial charge in [-0.3, -0.25) is 28.8 Å². The molecule has 3 aliphatic rings. The lowest BCUT2D eigenvalue weighted by Crippen LogP contribution is -2.60. The highest BCUT2D eigenvalue weighted by Gasteiger charge is 2.45. The third-order valence-corrected chi connectivity index (χ3v) is 9.83. The molecule has 2 heterocycles. The molecular weight excluding hydrogens is 626 g/mol. The first-order valence-electron chi connectivity index (χ1n) is 17.9. The van der Waals surface area contributed by atoms with Gasteiger partial charge in [-0.25, -0.2) is 4.98 Å². The molecule has 13 nitrogen and oxygen atoms in total. The van der Waals surface area contributed by atoms with E-state index in [1.54, 1.807) is 12.2 Å². The van der Waals surface area contributed by atoms with Crippen molar-refractivity contribution >= 4 is 35.3 Å². The Hall–Kier alpha value is -4.29. The number of amides is 5. The van der Waals surface area contributed by atoms with E-state index in [1.807, 2.05) is 27.7 Å². The van der Waals surface area contributed by atoms with Crippen LogP contribution in [-0.4, -0.2) is 86.9 Å². The second-order valence-corrected chi connectivity index (χ2v) is 13.9. The van der Waals surface area contributed by atoms with Gasteiger partial charge in [0.15, 0.2) is 5.82 Å². The zero-order valence-corrected chi connectivity index (χ0v) is 29.3. The summed E-state index contributed by atoms with van der Waals surface area (Å²) in [6, 6.07) is -4.25. The molecule has 5 atom stereocenters. The average molecular weight is 680 g/mol. The average Bonchev–Trinajstić information content (AvgIpc) is 3.53. The first kappa shape index (κ1) is 37.5. The van der Waals surface area contributed by atoms with Gasteiger partial charge in [0.25, 0.3) is 11.8 Å². The van der Waals surface area contributed by atoms with Crippen molar-refractivity contribution in [3.05, 3.63) is 42.5 Å². The van der Waals surface area contributed by atoms with E-state index in [4.69, 9.17) is 0 Å². The summed E-state index contributed by atoms with van der Waals surface area (Å²) < 4.78 is 0. The molecule has 2 aliphatic carbocycles. The number of aromatic nitrogens is 2. The van der Waals surface area contributed by atoms with Crippen molar-refractivity contribution in [3.63, 3.8) is 0 Å². The minimum absolute atomic E-state index is 0.0393. The van der Waals surface area contributed by atoms with Crippen molar-refractivity contribution in [1.29, 1.82) is 0 Å². The number of Topliss-reactive ketones (excluding diaryl/α,β-unsaturated/α-hetero) is 1. The highest BCUT2D eigenvalue weighted by atomic mass is 16.2. The van der Waals surface area contributed by atoms with Gasteiger partial charge in [0.2, 0.25) is 23.5 Å². The van der Waals surface area contributed by atoms with Gasteiger partial charge in [0, 0.05) is 18.9 Å². The van der Waals surface area contributed by atoms with Gasteiger partial charge >= 0.3 is 0 Å². The minimum atomic E-state index is -1.10. The van der Waals surface area contributed by atoms with Crippen LogP contribution in [0.15, 0.2) is 36.7 Å². The second-order valence-electron chi connectivity index (χ2n) is 13.9. The Morgan fingerprint density at radius 3 is 2.29 bits per heavy atom. The largest absolute Gasteiger partial charge is 0.344 e. The summed E-state index contributed by atoms with van der Waals surface area (Å²) in [6.45, 7) is 12.0. The number of nitrogens with zero attached hydrogens (tertiary/aromatic N) is 2. The molecule has 1 saturated heterocycles. The Morgan fingerprint density at radius 1 is 0.980 bits per heavy atom. The SMILES string of the molecule is C=C(C1CCCCC1)[C@H](NC(=O)c1ncc[nH]1)C(=O)N[C@H](C(=O)N1CC[C@H](CCC)[C@H]1C(=O)NC(CCC)C(=O)C(=O)NC1C=C1)C(C)C. The standard InChI is InChI=1S/C36H53N7O6/c1-6-11-24-17-20-43(29(24)33(46)40-26(12-7-2)30(44)34(47)39-25-15-16-25)36(49)27(21(3)4)41-32(45)28(22(5)23-13-9-8-10-14-23)42-35(48)31-37-18-19-38-31/h15-16,18-19,21,23-29H,5-14,17,20H2,1-4H3,(H,37,38)(H,39,47)(H,40,46)(H,41,45)(H,42,48)/t24-,26?,27-,28-,29-/m0/s1. The summed E-state index contributed by atoms with van der Waals surface area (Å²) in [5.41, 5.74) is 0.585. The predicted octanol–water partition coefficient (Wildman–Crippen LogP) is 2.71. The Morgan fingerprint density at radius 2 is 1.69 bits per heavy atom. The molecule has 4 rings (SSSR count). The van der Waals surface area contributed by atoms with Gasteiger partial charge in [0.05, 0.1) is 12.1 Å². The first-order valence-corrected chi connectivity index (χ1v) is 17.9. The van der Waals surface area contributed by atoms with E-state index < -0.39 is 59.5 Å². The van der Waals surface area contributed by atoms with Crippen LogP contribution >= 0.6 is 0 Å². The van der Waals surface area contributed by atoms with E-state index in [9.17, 15) is 28.8 Å². The lowest BCUT2D eigenvalue weighted by molar-refractivity contribution is -0.145. The number of H-pyrrole nitrogens is 1. The highest BCUT2D eigenvalue weighted by molar-refractivity contribution is 6.38. The molecule has 1 saturated carbocycles. The number of carbonyl (C=O) groups is 6. The first-order chi connectivity index (χ1) is 23.5. The Labute approximate surface area is 288 Å². The number of imidazole rings is 1. The maximum absolute atomic E-state index is 14.3. The predicted molar refractivity (Wildman–Crippen MR) is 184 cm³/mol. The van der Waals surface area contributed by atoms with Crippen LogP contribution in [0.3, 0.4) is 0 Å². The van der Waals surface area contributed by atoms with Crippen molar-refractivity contribution in [2.75, 3.05) is 6.54 Å². The van der Waals surface area contributed by atoms with E-state index in [0.29, 0.717) is 31.4 Å². The number of rotatable bonds is 17. The molecule has 0 radical (unpaired) electrons. The fourth-order valence-electron chi connectivity index (χ4n) is 7.03. The molecule has 268 valence electrons. The van der Waals surface area contributed by atoms with E-state index in [-0.39, 0.29) is 36.0 Å². The van der Waals surface area contributed by atoms with Crippen molar-refractivity contribution in [2.24, 2.45) is 17.8 Å². The minimum Gasteiger partial charge on any atom is -0.344 e. The van der Waals surface area contributed by atoms with Crippen LogP contribution in [0.4, 0.5) is 0 Å². The molecular formula is C36H53N7O6. The summed E-state index contributed by atoms with van der Waals surface area (Å²) in [5, 5.41) is 11.1. The van der Waals surface area contributed by atoms with Gasteiger partial charge in [-0.05, 0) is 55.4 Å². The van der Waals surface area contributed by atoms with Gasteiger partial charge in [0.1, 0.15) is 18.1 Å². The number of likely N-dealkylation sites (tertiary alicyclic amines) is 1. The number of hydrogen-bond acceptors (Lipinski definition) is 7. The smallest absolute Gasteiger partial charge is 0.290 e. The third-order valence-electron chi connectivity index (χ3n) is 9.83. The number of hydrogen-bond donors (Lipinski definition) is 5. The topological polar surface area (TPSA) is 182 Å². The lowest BCUT2D eigenvalue weighted by atomic mass is 9.81. The monoisotopic (exact) mass is 679 g/mol. The molecule has 1 aliphatic heterocycles. The molecule has 0 aromatic carbocycles. The molecule has 1 unspecified atom stereocenters. The lowest BCUT2D eigenvalue weighted by Gasteiger charge is -2.34. The quantitative estimate of drug-likeness (QED) is 0.124. The summed E-state index contributed by atoms with van der Waals surface area (Å²) in [4.78, 5) is 89.3. The van der Waals surface area contributed by atoms with E-state index in [0.717, 1.165) is 38.5 Å². The van der Waals surface area contributed by atoms with Crippen molar-refractivity contribution in [2.45, 2.75) is 122 Å². The van der Waals surface area contributed by atoms with Crippen LogP contribution in [-0.2, 0) is 24.0 Å². The zero-order valence-electron chi connectivity index (χ0n) is 29.3. The van der Waals surface area contributed by atoms with Crippen LogP contribution in [0.2, 0.25) is 0 Å². The van der Waals surface area contributed by atoms with Crippen LogP contribution in [0.5, 0.6) is 0 Å². The molecule has 0 bridgehead atoms. The molecule has 49 heavy (non-hydrogen) atoms. The second kappa shape index (κ2) is 17.4. The van der Waals surface area contributed by atoms with E-state index in [2.05, 4.69) is 37.8 Å². The van der Waals surface area contributed by atoms with E-state index in [1.165, 1.54) is 17.3 Å². The fraction of sp³-hybridized carbons (Fsp3) is 0.639. The van der Waals surface area contributed by atoms with Crippen LogP contribution in [0.1, 0.15) is 103 Å². The Bertz CT molecular complexity index is 1390. The van der Waals surface area contributed by atoms with Crippen LogP contribution in [0.25, 0.3) is 0 Å².